The molecule has 0 radical (unpaired) electrons. The van der Waals surface area contributed by atoms with Gasteiger partial charge in [-0.25, -0.2) is 0 Å². The molecule has 1 aromatic heterocycles. The van der Waals surface area contributed by atoms with Gasteiger partial charge in [-0.3, -0.25) is 0 Å². The predicted molar refractivity (Wildman–Crippen MR) is 177 cm³/mol. The van der Waals surface area contributed by atoms with Gasteiger partial charge in [0.1, 0.15) is 5.58 Å². The summed E-state index contributed by atoms with van der Waals surface area (Å²) in [4.78, 5) is 2.28. The van der Waals surface area contributed by atoms with Gasteiger partial charge in [-0.2, -0.15) is 0 Å². The summed E-state index contributed by atoms with van der Waals surface area (Å²) in [6, 6.07) is 57.9. The summed E-state index contributed by atoms with van der Waals surface area (Å²) in [5, 5.41) is 4.76. The third-order valence-corrected chi connectivity index (χ3v) is 8.04. The smallest absolute Gasteiger partial charge is 0.159 e. The van der Waals surface area contributed by atoms with Crippen LogP contribution >= 0.6 is 0 Å². The molecule has 0 aliphatic carbocycles. The van der Waals surface area contributed by atoms with Gasteiger partial charge in [-0.1, -0.05) is 115 Å². The fourth-order valence-corrected chi connectivity index (χ4v) is 5.96. The van der Waals surface area contributed by atoms with E-state index in [2.05, 4.69) is 157 Å². The number of anilines is 3. The molecule has 8 aromatic rings. The van der Waals surface area contributed by atoms with Crippen LogP contribution in [-0.4, -0.2) is 0 Å². The van der Waals surface area contributed by atoms with Crippen LogP contribution in [-0.2, 0) is 0 Å². The van der Waals surface area contributed by atoms with Crippen molar-refractivity contribution in [2.45, 2.75) is 0 Å². The molecule has 0 aliphatic heterocycles. The Kier molecular flexibility index (Phi) is 5.82. The Morgan fingerprint density at radius 1 is 0.381 bits per heavy atom. The molecule has 2 nitrogen and oxygen atoms in total. The zero-order valence-corrected chi connectivity index (χ0v) is 22.9. The first-order chi connectivity index (χ1) is 20.8. The van der Waals surface area contributed by atoms with Crippen LogP contribution in [0.25, 0.3) is 55.0 Å². The van der Waals surface area contributed by atoms with Crippen molar-refractivity contribution >= 4 is 49.8 Å². The number of rotatable bonds is 5. The van der Waals surface area contributed by atoms with Crippen LogP contribution in [0.2, 0.25) is 0 Å². The summed E-state index contributed by atoms with van der Waals surface area (Å²) in [6.45, 7) is 0. The topological polar surface area (TPSA) is 16.4 Å². The van der Waals surface area contributed by atoms with Crippen LogP contribution in [0.1, 0.15) is 0 Å². The van der Waals surface area contributed by atoms with Crippen molar-refractivity contribution in [3.05, 3.63) is 164 Å². The molecule has 1 heterocycles. The van der Waals surface area contributed by atoms with Crippen LogP contribution in [0, 0.1) is 0 Å². The van der Waals surface area contributed by atoms with Crippen LogP contribution in [0.3, 0.4) is 0 Å². The quantitative estimate of drug-likeness (QED) is 0.217. The SMILES string of the molecule is c1ccc(N(c2ccc(-c3cccc(-c4ccc5ccccc5c4)c3)cc2)c2cccc3c2oc2ccccc23)cc1. The maximum absolute atomic E-state index is 6.44. The van der Waals surface area contributed by atoms with E-state index < -0.39 is 0 Å². The molecule has 42 heavy (non-hydrogen) atoms. The highest BCUT2D eigenvalue weighted by molar-refractivity contribution is 6.10. The Hall–Kier alpha value is -5.60. The highest BCUT2D eigenvalue weighted by Gasteiger charge is 2.19. The van der Waals surface area contributed by atoms with Gasteiger partial charge in [0.2, 0.25) is 0 Å². The molecule has 0 amide bonds. The van der Waals surface area contributed by atoms with E-state index in [1.807, 2.05) is 12.1 Å². The number of hydrogen-bond acceptors (Lipinski definition) is 2. The molecule has 198 valence electrons. The molecule has 8 rings (SSSR count). The molecule has 2 heteroatoms. The molecule has 0 saturated carbocycles. The molecule has 0 aliphatic rings. The van der Waals surface area contributed by atoms with Crippen molar-refractivity contribution in [3.8, 4) is 22.3 Å². The van der Waals surface area contributed by atoms with Crippen molar-refractivity contribution in [1.82, 2.24) is 0 Å². The van der Waals surface area contributed by atoms with Gasteiger partial charge in [0.05, 0.1) is 5.69 Å². The Bertz CT molecular complexity index is 2190. The van der Waals surface area contributed by atoms with E-state index in [9.17, 15) is 0 Å². The first-order valence-electron chi connectivity index (χ1n) is 14.3. The summed E-state index contributed by atoms with van der Waals surface area (Å²) in [7, 11) is 0. The number of hydrogen-bond donors (Lipinski definition) is 0. The number of nitrogens with zero attached hydrogens (tertiary/aromatic N) is 1. The predicted octanol–water partition coefficient (Wildman–Crippen LogP) is 11.5. The second-order valence-corrected chi connectivity index (χ2v) is 10.6. The molecule has 0 saturated heterocycles. The van der Waals surface area contributed by atoms with Gasteiger partial charge in [0, 0.05) is 22.1 Å². The maximum Gasteiger partial charge on any atom is 0.159 e. The summed E-state index contributed by atoms with van der Waals surface area (Å²) in [5.74, 6) is 0. The normalized spacial score (nSPS) is 11.3. The van der Waals surface area contributed by atoms with Crippen molar-refractivity contribution in [2.75, 3.05) is 4.90 Å². The second-order valence-electron chi connectivity index (χ2n) is 10.6. The Morgan fingerprint density at radius 2 is 1.00 bits per heavy atom. The third kappa shape index (κ3) is 4.22. The monoisotopic (exact) mass is 537 g/mol. The summed E-state index contributed by atoms with van der Waals surface area (Å²) < 4.78 is 6.44. The third-order valence-electron chi connectivity index (χ3n) is 8.04. The lowest BCUT2D eigenvalue weighted by Crippen LogP contribution is -2.10. The molecule has 0 fully saturated rings. The molecular formula is C40H27NO. The van der Waals surface area contributed by atoms with Crippen molar-refractivity contribution in [3.63, 3.8) is 0 Å². The first-order valence-corrected chi connectivity index (χ1v) is 14.3. The first kappa shape index (κ1) is 24.2. The second kappa shape index (κ2) is 10.1. The van der Waals surface area contributed by atoms with Crippen LogP contribution in [0.15, 0.2) is 168 Å². The zero-order valence-electron chi connectivity index (χ0n) is 22.9. The van der Waals surface area contributed by atoms with E-state index in [-0.39, 0.29) is 0 Å². The molecule has 0 spiro atoms. The van der Waals surface area contributed by atoms with E-state index in [1.54, 1.807) is 0 Å². The van der Waals surface area contributed by atoms with Crippen LogP contribution in [0.4, 0.5) is 17.1 Å². The van der Waals surface area contributed by atoms with Crippen molar-refractivity contribution in [1.29, 1.82) is 0 Å². The fraction of sp³-hybridized carbons (Fsp3) is 0. The van der Waals surface area contributed by atoms with E-state index in [1.165, 1.54) is 33.0 Å². The van der Waals surface area contributed by atoms with Crippen molar-refractivity contribution in [2.24, 2.45) is 0 Å². The molecule has 7 aromatic carbocycles. The lowest BCUT2D eigenvalue weighted by Gasteiger charge is -2.25. The van der Waals surface area contributed by atoms with Gasteiger partial charge in [-0.05, 0) is 81.6 Å². The van der Waals surface area contributed by atoms with E-state index in [0.29, 0.717) is 0 Å². The van der Waals surface area contributed by atoms with Gasteiger partial charge >= 0.3 is 0 Å². The Balaban J connectivity index is 1.20. The molecular weight excluding hydrogens is 510 g/mol. The van der Waals surface area contributed by atoms with Crippen LogP contribution in [0.5, 0.6) is 0 Å². The summed E-state index contributed by atoms with van der Waals surface area (Å²) in [5.41, 5.74) is 9.76. The molecule has 0 atom stereocenters. The van der Waals surface area contributed by atoms with Gasteiger partial charge in [0.25, 0.3) is 0 Å². The standard InChI is InChI=1S/C40H27NO/c1-2-14-34(15-3-1)41(38-18-9-17-37-36-16-6-7-19-39(36)42-40(37)38)35-24-22-29(23-25-35)31-12-8-13-32(26-31)33-21-20-28-10-4-5-11-30(28)27-33/h1-27H. The largest absolute Gasteiger partial charge is 0.454 e. The highest BCUT2D eigenvalue weighted by atomic mass is 16.3. The van der Waals surface area contributed by atoms with Crippen molar-refractivity contribution < 1.29 is 4.42 Å². The summed E-state index contributed by atoms with van der Waals surface area (Å²) in [6.07, 6.45) is 0. The number of fused-ring (bicyclic) bond motifs is 4. The lowest BCUT2D eigenvalue weighted by atomic mass is 9.97. The Labute approximate surface area is 244 Å². The average Bonchev–Trinajstić information content (AvgIpc) is 3.45. The molecule has 0 unspecified atom stereocenters. The van der Waals surface area contributed by atoms with E-state index in [0.717, 1.165) is 39.0 Å². The minimum Gasteiger partial charge on any atom is -0.454 e. The van der Waals surface area contributed by atoms with E-state index in [4.69, 9.17) is 4.42 Å². The fourth-order valence-electron chi connectivity index (χ4n) is 5.96. The van der Waals surface area contributed by atoms with Gasteiger partial charge < -0.3 is 9.32 Å². The molecule has 0 N–H and O–H groups in total. The number of benzene rings is 7. The lowest BCUT2D eigenvalue weighted by molar-refractivity contribution is 0.669. The molecule has 0 bridgehead atoms. The van der Waals surface area contributed by atoms with Gasteiger partial charge in [-0.15, -0.1) is 0 Å². The summed E-state index contributed by atoms with van der Waals surface area (Å²) >= 11 is 0. The van der Waals surface area contributed by atoms with Crippen LogP contribution < -0.4 is 4.90 Å². The minimum atomic E-state index is 0.884. The van der Waals surface area contributed by atoms with Gasteiger partial charge in [0.15, 0.2) is 5.58 Å². The average molecular weight is 538 g/mol. The van der Waals surface area contributed by atoms with E-state index >= 15 is 0 Å². The minimum absolute atomic E-state index is 0.884. The Morgan fingerprint density at radius 3 is 1.86 bits per heavy atom. The zero-order chi connectivity index (χ0) is 27.9. The number of furan rings is 1. The number of para-hydroxylation sites is 3. The maximum atomic E-state index is 6.44. The highest BCUT2D eigenvalue weighted by Crippen LogP contribution is 2.42.